The Balaban J connectivity index is 1.50. The Hall–Kier alpha value is -4.87. The van der Waals surface area contributed by atoms with Gasteiger partial charge in [-0.1, -0.05) is 30.3 Å². The van der Waals surface area contributed by atoms with Gasteiger partial charge in [-0.15, -0.1) is 0 Å². The van der Waals surface area contributed by atoms with Gasteiger partial charge in [-0.2, -0.15) is 18.3 Å². The first-order chi connectivity index (χ1) is 17.7. The number of rotatable bonds is 8. The van der Waals surface area contributed by atoms with Gasteiger partial charge in [-0.25, -0.2) is 5.43 Å². The summed E-state index contributed by atoms with van der Waals surface area (Å²) in [7, 11) is 1.43. The predicted octanol–water partition coefficient (Wildman–Crippen LogP) is 3.82. The van der Waals surface area contributed by atoms with Gasteiger partial charge < -0.3 is 20.1 Å². The number of hydrazone groups is 1. The minimum atomic E-state index is -4.53. The number of ether oxygens (including phenoxy) is 2. The van der Waals surface area contributed by atoms with E-state index in [1.54, 1.807) is 42.5 Å². The molecule has 3 aromatic rings. The number of anilines is 2. The van der Waals surface area contributed by atoms with Crippen LogP contribution in [0.25, 0.3) is 0 Å². The van der Waals surface area contributed by atoms with Gasteiger partial charge >= 0.3 is 18.0 Å². The van der Waals surface area contributed by atoms with Crippen LogP contribution < -0.4 is 25.5 Å². The fraction of sp³-hybridized carbons (Fsp3) is 0.120. The largest absolute Gasteiger partial charge is 0.495 e. The zero-order valence-electron chi connectivity index (χ0n) is 19.3. The number of carbonyl (C=O) groups is 3. The Bertz CT molecular complexity index is 1310. The molecule has 9 nitrogen and oxygen atoms in total. The van der Waals surface area contributed by atoms with Gasteiger partial charge in [0.15, 0.2) is 6.61 Å². The molecule has 0 radical (unpaired) electrons. The van der Waals surface area contributed by atoms with Crippen LogP contribution in [0.1, 0.15) is 11.1 Å². The summed E-state index contributed by atoms with van der Waals surface area (Å²) in [6.07, 6.45) is -3.28. The molecule has 0 heterocycles. The Morgan fingerprint density at radius 1 is 0.919 bits per heavy atom. The van der Waals surface area contributed by atoms with E-state index >= 15 is 0 Å². The summed E-state index contributed by atoms with van der Waals surface area (Å²) in [5.41, 5.74) is 1.98. The highest BCUT2D eigenvalue weighted by atomic mass is 19.4. The fourth-order valence-electron chi connectivity index (χ4n) is 2.95. The Labute approximate surface area is 209 Å². The number of nitrogens with one attached hydrogen (secondary N) is 3. The Morgan fingerprint density at radius 2 is 1.68 bits per heavy atom. The number of amides is 3. The Kier molecular flexibility index (Phi) is 8.81. The zero-order chi connectivity index (χ0) is 26.8. The SMILES string of the molecule is COc1ccccc1NC(=O)C(=O)N/N=C/c1cccc(OCC(=O)Nc2cccc(C(F)(F)F)c2)c1. The van der Waals surface area contributed by atoms with Crippen molar-refractivity contribution in [3.63, 3.8) is 0 Å². The van der Waals surface area contributed by atoms with Crippen molar-refractivity contribution in [2.45, 2.75) is 6.18 Å². The number of nitrogens with zero attached hydrogens (tertiary/aromatic N) is 1. The molecule has 0 atom stereocenters. The van der Waals surface area contributed by atoms with Crippen molar-refractivity contribution in [3.8, 4) is 11.5 Å². The van der Waals surface area contributed by atoms with Crippen LogP contribution in [0.15, 0.2) is 77.9 Å². The molecule has 37 heavy (non-hydrogen) atoms. The Morgan fingerprint density at radius 3 is 2.43 bits per heavy atom. The molecule has 192 valence electrons. The molecule has 0 spiro atoms. The molecule has 0 aromatic heterocycles. The van der Waals surface area contributed by atoms with E-state index in [2.05, 4.69) is 21.2 Å². The first-order valence-electron chi connectivity index (χ1n) is 10.6. The van der Waals surface area contributed by atoms with E-state index < -0.39 is 36.1 Å². The number of para-hydroxylation sites is 2. The molecule has 0 saturated heterocycles. The van der Waals surface area contributed by atoms with Crippen LogP contribution in [0.4, 0.5) is 24.5 Å². The molecule has 0 aliphatic rings. The topological polar surface area (TPSA) is 118 Å². The lowest BCUT2D eigenvalue weighted by molar-refractivity contribution is -0.137. The van der Waals surface area contributed by atoms with Crippen molar-refractivity contribution in [2.24, 2.45) is 5.10 Å². The molecular formula is C25H21F3N4O5. The smallest absolute Gasteiger partial charge is 0.416 e. The van der Waals surface area contributed by atoms with E-state index in [9.17, 15) is 27.6 Å². The lowest BCUT2D eigenvalue weighted by atomic mass is 10.2. The molecule has 0 bridgehead atoms. The van der Waals surface area contributed by atoms with E-state index in [0.717, 1.165) is 12.1 Å². The second-order valence-electron chi connectivity index (χ2n) is 7.34. The van der Waals surface area contributed by atoms with Gasteiger partial charge in [0.25, 0.3) is 5.91 Å². The summed E-state index contributed by atoms with van der Waals surface area (Å²) in [5, 5.41) is 8.47. The lowest BCUT2D eigenvalue weighted by Crippen LogP contribution is -2.32. The van der Waals surface area contributed by atoms with Crippen LogP contribution in [0, 0.1) is 0 Å². The molecule has 3 amide bonds. The molecular weight excluding hydrogens is 493 g/mol. The first-order valence-corrected chi connectivity index (χ1v) is 10.6. The third kappa shape index (κ3) is 8.09. The quantitative estimate of drug-likeness (QED) is 0.240. The number of halogens is 3. The van der Waals surface area contributed by atoms with Crippen molar-refractivity contribution in [3.05, 3.63) is 83.9 Å². The van der Waals surface area contributed by atoms with E-state index in [1.807, 2.05) is 0 Å². The van der Waals surface area contributed by atoms with Gasteiger partial charge in [0.1, 0.15) is 11.5 Å². The van der Waals surface area contributed by atoms with Gasteiger partial charge in [-0.05, 0) is 48.0 Å². The molecule has 3 N–H and O–H groups in total. The highest BCUT2D eigenvalue weighted by Crippen LogP contribution is 2.30. The molecule has 0 saturated carbocycles. The summed E-state index contributed by atoms with van der Waals surface area (Å²) in [4.78, 5) is 36.1. The third-order valence-corrected chi connectivity index (χ3v) is 4.64. The number of alkyl halides is 3. The molecule has 0 aliphatic carbocycles. The number of methoxy groups -OCH3 is 1. The second-order valence-corrected chi connectivity index (χ2v) is 7.34. The van der Waals surface area contributed by atoms with E-state index in [0.29, 0.717) is 17.0 Å². The van der Waals surface area contributed by atoms with E-state index in [4.69, 9.17) is 9.47 Å². The zero-order valence-corrected chi connectivity index (χ0v) is 19.3. The lowest BCUT2D eigenvalue weighted by Gasteiger charge is -2.10. The highest BCUT2D eigenvalue weighted by Gasteiger charge is 2.30. The van der Waals surface area contributed by atoms with Crippen molar-refractivity contribution in [1.29, 1.82) is 0 Å². The van der Waals surface area contributed by atoms with E-state index in [1.165, 1.54) is 31.5 Å². The molecule has 3 aromatic carbocycles. The van der Waals surface area contributed by atoms with E-state index in [-0.39, 0.29) is 11.4 Å². The maximum Gasteiger partial charge on any atom is 0.416 e. The maximum absolute atomic E-state index is 12.8. The minimum absolute atomic E-state index is 0.0187. The maximum atomic E-state index is 12.8. The minimum Gasteiger partial charge on any atom is -0.495 e. The summed E-state index contributed by atoms with van der Waals surface area (Å²) < 4.78 is 48.9. The average molecular weight is 514 g/mol. The number of hydrogen-bond donors (Lipinski definition) is 3. The highest BCUT2D eigenvalue weighted by molar-refractivity contribution is 6.39. The molecule has 0 aliphatic heterocycles. The van der Waals surface area contributed by atoms with Gasteiger partial charge in [0.05, 0.1) is 24.6 Å². The van der Waals surface area contributed by atoms with Crippen molar-refractivity contribution in [2.75, 3.05) is 24.4 Å². The molecule has 0 fully saturated rings. The average Bonchev–Trinajstić information content (AvgIpc) is 2.87. The normalized spacial score (nSPS) is 11.0. The van der Waals surface area contributed by atoms with Crippen LogP contribution >= 0.6 is 0 Å². The molecule has 12 heteroatoms. The number of hydrogen-bond acceptors (Lipinski definition) is 6. The fourth-order valence-corrected chi connectivity index (χ4v) is 2.95. The summed E-state index contributed by atoms with van der Waals surface area (Å²) >= 11 is 0. The van der Waals surface area contributed by atoms with Crippen LogP contribution in [0.5, 0.6) is 11.5 Å². The van der Waals surface area contributed by atoms with Gasteiger partial charge in [0, 0.05) is 5.69 Å². The van der Waals surface area contributed by atoms with Crippen molar-refractivity contribution >= 4 is 35.3 Å². The standard InChI is InChI=1S/C25H21F3N4O5/c1-36-21-11-3-2-10-20(21)31-23(34)24(35)32-29-14-16-6-4-9-19(12-16)37-15-22(33)30-18-8-5-7-17(13-18)25(26,27)28/h2-14H,15H2,1H3,(H,30,33)(H,31,34)(H,32,35)/b29-14+. The first kappa shape index (κ1) is 26.7. The van der Waals surface area contributed by atoms with Crippen LogP contribution in [-0.4, -0.2) is 37.7 Å². The number of carbonyl (C=O) groups excluding carboxylic acids is 3. The monoisotopic (exact) mass is 514 g/mol. The van der Waals surface area contributed by atoms with Crippen molar-refractivity contribution in [1.82, 2.24) is 5.43 Å². The predicted molar refractivity (Wildman–Crippen MR) is 129 cm³/mol. The summed E-state index contributed by atoms with van der Waals surface area (Å²) in [5.74, 6) is -1.98. The van der Waals surface area contributed by atoms with Crippen LogP contribution in [0.2, 0.25) is 0 Å². The number of benzene rings is 3. The van der Waals surface area contributed by atoms with Gasteiger partial charge in [0.2, 0.25) is 0 Å². The van der Waals surface area contributed by atoms with Crippen molar-refractivity contribution < 1.29 is 37.0 Å². The van der Waals surface area contributed by atoms with Crippen LogP contribution in [-0.2, 0) is 20.6 Å². The second kappa shape index (κ2) is 12.2. The summed E-state index contributed by atoms with van der Waals surface area (Å²) in [6.45, 7) is -0.462. The summed E-state index contributed by atoms with van der Waals surface area (Å²) in [6, 6.07) is 17.1. The molecule has 3 rings (SSSR count). The molecule has 0 unspecified atom stereocenters. The van der Waals surface area contributed by atoms with Crippen LogP contribution in [0.3, 0.4) is 0 Å². The van der Waals surface area contributed by atoms with Gasteiger partial charge in [-0.3, -0.25) is 14.4 Å². The third-order valence-electron chi connectivity index (χ3n) is 4.64.